The average molecular weight is 576 g/mol. The highest BCUT2D eigenvalue weighted by Gasteiger charge is 2.37. The van der Waals surface area contributed by atoms with Crippen molar-refractivity contribution in [2.24, 2.45) is 0 Å². The van der Waals surface area contributed by atoms with Gasteiger partial charge in [0.05, 0.1) is 0 Å². The second kappa shape index (κ2) is 16.9. The third-order valence-electron chi connectivity index (χ3n) is 7.37. The maximum absolute atomic E-state index is 14.4. The number of aryl methyl sites for hydroxylation is 2. The number of alkyl carbamates (subject to hydrolysis) is 1. The standard InChI is InChI=1S/C32H53N3O4S/c1-8-9-10-14-20-35(30(37)27(19-21-40-7)34-31(38)39-32(4,5)6)28(26-18-17-23(2)22-24(26)3)29(36)33-25-15-12-11-13-16-25/h17-18,22,25,27-28H,8-16,19-21H2,1-7H3,(H,33,36)(H,34,38). The van der Waals surface area contributed by atoms with Gasteiger partial charge in [0, 0.05) is 12.6 Å². The Morgan fingerprint density at radius 2 is 1.77 bits per heavy atom. The number of amides is 3. The zero-order chi connectivity index (χ0) is 29.7. The Labute approximate surface area is 246 Å². The molecule has 0 saturated heterocycles. The Morgan fingerprint density at radius 3 is 2.38 bits per heavy atom. The third kappa shape index (κ3) is 11.3. The quantitative estimate of drug-likeness (QED) is 0.237. The van der Waals surface area contributed by atoms with E-state index in [1.54, 1.807) is 37.4 Å². The van der Waals surface area contributed by atoms with Crippen LogP contribution in [0.15, 0.2) is 18.2 Å². The fraction of sp³-hybridized carbons (Fsp3) is 0.719. The number of unbranched alkanes of at least 4 members (excludes halogenated alkanes) is 3. The molecular formula is C32H53N3O4S. The lowest BCUT2D eigenvalue weighted by atomic mass is 9.93. The summed E-state index contributed by atoms with van der Waals surface area (Å²) < 4.78 is 5.51. The molecule has 8 heteroatoms. The number of hydrogen-bond acceptors (Lipinski definition) is 5. The highest BCUT2D eigenvalue weighted by molar-refractivity contribution is 7.98. The molecule has 0 bridgehead atoms. The fourth-order valence-corrected chi connectivity index (χ4v) is 5.80. The molecule has 0 radical (unpaired) electrons. The van der Waals surface area contributed by atoms with Crippen LogP contribution >= 0.6 is 11.8 Å². The van der Waals surface area contributed by atoms with Crippen LogP contribution in [0.5, 0.6) is 0 Å². The number of nitrogens with one attached hydrogen (secondary N) is 2. The first kappa shape index (κ1) is 34.0. The summed E-state index contributed by atoms with van der Waals surface area (Å²) in [5.41, 5.74) is 2.25. The number of thioether (sulfide) groups is 1. The van der Waals surface area contributed by atoms with E-state index in [1.807, 2.05) is 32.2 Å². The van der Waals surface area contributed by atoms with E-state index in [-0.39, 0.29) is 17.9 Å². The Bertz CT molecular complexity index is 956. The Morgan fingerprint density at radius 1 is 1.07 bits per heavy atom. The summed E-state index contributed by atoms with van der Waals surface area (Å²) in [6, 6.07) is 4.63. The van der Waals surface area contributed by atoms with Crippen LogP contribution in [0.1, 0.15) is 115 Å². The lowest BCUT2D eigenvalue weighted by Gasteiger charge is -2.36. The molecule has 1 aliphatic rings. The van der Waals surface area contributed by atoms with E-state index < -0.39 is 23.8 Å². The van der Waals surface area contributed by atoms with E-state index in [2.05, 4.69) is 23.6 Å². The number of hydrogen-bond donors (Lipinski definition) is 2. The van der Waals surface area contributed by atoms with Gasteiger partial charge in [0.1, 0.15) is 17.7 Å². The van der Waals surface area contributed by atoms with Crippen molar-refractivity contribution in [3.05, 3.63) is 34.9 Å². The van der Waals surface area contributed by atoms with Crippen molar-refractivity contribution in [1.29, 1.82) is 0 Å². The zero-order valence-corrected chi connectivity index (χ0v) is 26.8. The topological polar surface area (TPSA) is 87.7 Å². The zero-order valence-electron chi connectivity index (χ0n) is 25.9. The minimum atomic E-state index is -0.788. The predicted molar refractivity (Wildman–Crippen MR) is 166 cm³/mol. The average Bonchev–Trinajstić information content (AvgIpc) is 2.88. The second-order valence-corrected chi connectivity index (χ2v) is 13.2. The number of rotatable bonds is 14. The first-order valence-electron chi connectivity index (χ1n) is 15.1. The van der Waals surface area contributed by atoms with Crippen molar-refractivity contribution in [3.63, 3.8) is 0 Å². The summed E-state index contributed by atoms with van der Waals surface area (Å²) >= 11 is 1.62. The van der Waals surface area contributed by atoms with Gasteiger partial charge in [-0.05, 0) is 83.4 Å². The predicted octanol–water partition coefficient (Wildman–Crippen LogP) is 6.85. The van der Waals surface area contributed by atoms with Crippen molar-refractivity contribution < 1.29 is 19.1 Å². The van der Waals surface area contributed by atoms with E-state index in [1.165, 1.54) is 6.42 Å². The highest BCUT2D eigenvalue weighted by atomic mass is 32.2. The molecule has 3 amide bonds. The molecule has 0 spiro atoms. The number of nitrogens with zero attached hydrogens (tertiary/aromatic N) is 1. The van der Waals surface area contributed by atoms with Crippen LogP contribution in [0.25, 0.3) is 0 Å². The van der Waals surface area contributed by atoms with Crippen LogP contribution < -0.4 is 10.6 Å². The van der Waals surface area contributed by atoms with E-state index >= 15 is 0 Å². The van der Waals surface area contributed by atoms with Crippen molar-refractivity contribution in [2.45, 2.75) is 129 Å². The number of benzene rings is 1. The van der Waals surface area contributed by atoms with Crippen molar-refractivity contribution in [1.82, 2.24) is 15.5 Å². The van der Waals surface area contributed by atoms with Gasteiger partial charge in [0.15, 0.2) is 0 Å². The lowest BCUT2D eigenvalue weighted by Crippen LogP contribution is -2.54. The SMILES string of the molecule is CCCCCCN(C(=O)C(CCSC)NC(=O)OC(C)(C)C)C(C(=O)NC1CCCCC1)c1ccc(C)cc1C. The highest BCUT2D eigenvalue weighted by Crippen LogP contribution is 2.29. The molecule has 2 unspecified atom stereocenters. The summed E-state index contributed by atoms with van der Waals surface area (Å²) in [6.45, 7) is 12.0. The summed E-state index contributed by atoms with van der Waals surface area (Å²) in [4.78, 5) is 43.0. The largest absolute Gasteiger partial charge is 0.444 e. The lowest BCUT2D eigenvalue weighted by molar-refractivity contribution is -0.143. The Hall–Kier alpha value is -2.22. The molecule has 1 aromatic rings. The van der Waals surface area contributed by atoms with Gasteiger partial charge in [0.25, 0.3) is 0 Å². The second-order valence-electron chi connectivity index (χ2n) is 12.2. The van der Waals surface area contributed by atoms with E-state index in [9.17, 15) is 14.4 Å². The minimum Gasteiger partial charge on any atom is -0.444 e. The van der Waals surface area contributed by atoms with Crippen LogP contribution in [0.4, 0.5) is 4.79 Å². The van der Waals surface area contributed by atoms with Crippen LogP contribution in [-0.2, 0) is 14.3 Å². The molecule has 0 aromatic heterocycles. The Kier molecular flexibility index (Phi) is 14.4. The maximum Gasteiger partial charge on any atom is 0.408 e. The first-order valence-corrected chi connectivity index (χ1v) is 16.5. The van der Waals surface area contributed by atoms with Crippen LogP contribution in [0.3, 0.4) is 0 Å². The van der Waals surface area contributed by atoms with Crippen molar-refractivity contribution in [3.8, 4) is 0 Å². The molecule has 226 valence electrons. The summed E-state index contributed by atoms with van der Waals surface area (Å²) in [7, 11) is 0. The fourth-order valence-electron chi connectivity index (χ4n) is 5.33. The molecule has 2 N–H and O–H groups in total. The normalized spacial score (nSPS) is 15.7. The van der Waals surface area contributed by atoms with Gasteiger partial charge in [-0.15, -0.1) is 0 Å². The molecule has 1 aliphatic carbocycles. The minimum absolute atomic E-state index is 0.124. The maximum atomic E-state index is 14.4. The van der Waals surface area contributed by atoms with Gasteiger partial charge in [-0.25, -0.2) is 4.79 Å². The Balaban J connectivity index is 2.49. The molecule has 7 nitrogen and oxygen atoms in total. The molecule has 1 saturated carbocycles. The molecule has 1 fully saturated rings. The summed E-state index contributed by atoms with van der Waals surface area (Å²) in [5, 5.41) is 6.14. The van der Waals surface area contributed by atoms with Crippen LogP contribution in [0.2, 0.25) is 0 Å². The number of carbonyl (C=O) groups excluding carboxylic acids is 3. The van der Waals surface area contributed by atoms with Gasteiger partial charge < -0.3 is 20.3 Å². The van der Waals surface area contributed by atoms with E-state index in [4.69, 9.17) is 4.74 Å². The molecule has 2 rings (SSSR count). The van der Waals surface area contributed by atoms with Gasteiger partial charge in [0.2, 0.25) is 11.8 Å². The molecule has 2 atom stereocenters. The molecule has 1 aromatic carbocycles. The molecular weight excluding hydrogens is 522 g/mol. The molecule has 40 heavy (non-hydrogen) atoms. The number of carbonyl (C=O) groups is 3. The van der Waals surface area contributed by atoms with Crippen LogP contribution in [-0.4, -0.2) is 59.0 Å². The number of ether oxygens (including phenoxy) is 1. The van der Waals surface area contributed by atoms with Crippen molar-refractivity contribution >= 4 is 29.7 Å². The first-order chi connectivity index (χ1) is 19.0. The van der Waals surface area contributed by atoms with Gasteiger partial charge in [-0.3, -0.25) is 9.59 Å². The van der Waals surface area contributed by atoms with Crippen LogP contribution in [0, 0.1) is 13.8 Å². The third-order valence-corrected chi connectivity index (χ3v) is 8.01. The van der Waals surface area contributed by atoms with E-state index in [0.29, 0.717) is 18.7 Å². The van der Waals surface area contributed by atoms with Gasteiger partial charge in [-0.1, -0.05) is 69.2 Å². The van der Waals surface area contributed by atoms with Crippen molar-refractivity contribution in [2.75, 3.05) is 18.6 Å². The van der Waals surface area contributed by atoms with Gasteiger partial charge in [-0.2, -0.15) is 11.8 Å². The summed E-state index contributed by atoms with van der Waals surface area (Å²) in [5.74, 6) is 0.321. The summed E-state index contributed by atoms with van der Waals surface area (Å²) in [6.07, 6.45) is 11.1. The molecule has 0 heterocycles. The monoisotopic (exact) mass is 575 g/mol. The molecule has 0 aliphatic heterocycles. The van der Waals surface area contributed by atoms with Gasteiger partial charge >= 0.3 is 6.09 Å². The smallest absolute Gasteiger partial charge is 0.408 e. The van der Waals surface area contributed by atoms with E-state index in [0.717, 1.165) is 68.1 Å².